The highest BCUT2D eigenvalue weighted by molar-refractivity contribution is 6.39. The number of barbiturate groups is 1. The van der Waals surface area contributed by atoms with E-state index in [9.17, 15) is 14.4 Å². The summed E-state index contributed by atoms with van der Waals surface area (Å²) in [7, 11) is 1.46. The number of carbonyl (C=O) groups is 3. The van der Waals surface area contributed by atoms with E-state index in [0.29, 0.717) is 32.1 Å². The molecule has 1 aliphatic heterocycles. The first-order valence-corrected chi connectivity index (χ1v) is 11.3. The number of nitrogens with one attached hydrogen (secondary N) is 1. The Morgan fingerprint density at radius 1 is 0.914 bits per heavy atom. The third kappa shape index (κ3) is 5.43. The minimum atomic E-state index is -0.860. The Morgan fingerprint density at radius 2 is 1.69 bits per heavy atom. The Bertz CT molecular complexity index is 1370. The Labute approximate surface area is 215 Å². The summed E-state index contributed by atoms with van der Waals surface area (Å²) in [6, 6.07) is 15.3. The number of nitrogens with zero attached hydrogens (tertiary/aromatic N) is 1. The minimum Gasteiger partial charge on any atom is -0.493 e. The van der Waals surface area contributed by atoms with Gasteiger partial charge in [-0.25, -0.2) is 9.69 Å². The smallest absolute Gasteiger partial charge is 0.335 e. The van der Waals surface area contributed by atoms with Gasteiger partial charge in [0.15, 0.2) is 11.5 Å². The van der Waals surface area contributed by atoms with Gasteiger partial charge in [-0.2, -0.15) is 0 Å². The number of carbonyl (C=O) groups excluding carboxylic acids is 3. The fourth-order valence-corrected chi connectivity index (χ4v) is 4.01. The molecule has 10 heteroatoms. The van der Waals surface area contributed by atoms with Gasteiger partial charge >= 0.3 is 6.03 Å². The molecule has 1 fully saturated rings. The zero-order valence-corrected chi connectivity index (χ0v) is 20.4. The molecule has 3 aromatic carbocycles. The maximum atomic E-state index is 13.1. The molecule has 1 heterocycles. The molecule has 35 heavy (non-hydrogen) atoms. The van der Waals surface area contributed by atoms with E-state index in [1.165, 1.54) is 19.3 Å². The van der Waals surface area contributed by atoms with Crippen molar-refractivity contribution in [2.45, 2.75) is 6.61 Å². The quantitative estimate of drug-likeness (QED) is 0.316. The highest BCUT2D eigenvalue weighted by Crippen LogP contribution is 2.32. The lowest BCUT2D eigenvalue weighted by atomic mass is 10.1. The average molecular weight is 532 g/mol. The van der Waals surface area contributed by atoms with Crippen LogP contribution in [0.1, 0.15) is 11.1 Å². The first-order chi connectivity index (χ1) is 16.8. The average Bonchev–Trinajstić information content (AvgIpc) is 2.81. The summed E-state index contributed by atoms with van der Waals surface area (Å²) in [6.45, 7) is 0.171. The van der Waals surface area contributed by atoms with Gasteiger partial charge in [0.1, 0.15) is 12.2 Å². The molecule has 1 aliphatic rings. The molecule has 1 N–H and O–H groups in total. The number of benzene rings is 3. The molecule has 178 valence electrons. The van der Waals surface area contributed by atoms with Crippen molar-refractivity contribution in [3.05, 3.63) is 92.4 Å². The molecule has 0 aromatic heterocycles. The summed E-state index contributed by atoms with van der Waals surface area (Å²) >= 11 is 18.1. The Morgan fingerprint density at radius 3 is 2.40 bits per heavy atom. The van der Waals surface area contributed by atoms with E-state index in [1.807, 2.05) is 0 Å². The molecule has 0 spiro atoms. The summed E-state index contributed by atoms with van der Waals surface area (Å²) in [6.07, 6.45) is 1.37. The molecule has 0 aliphatic carbocycles. The lowest BCUT2D eigenvalue weighted by Gasteiger charge is -2.26. The molecule has 4 amide bonds. The van der Waals surface area contributed by atoms with Crippen molar-refractivity contribution < 1.29 is 23.9 Å². The van der Waals surface area contributed by atoms with E-state index in [-0.39, 0.29) is 17.9 Å². The Hall–Kier alpha value is -3.52. The highest BCUT2D eigenvalue weighted by atomic mass is 35.5. The Balaban J connectivity index is 1.59. The van der Waals surface area contributed by atoms with Gasteiger partial charge < -0.3 is 9.47 Å². The number of hydrogen-bond acceptors (Lipinski definition) is 5. The third-order valence-electron chi connectivity index (χ3n) is 5.07. The molecule has 7 nitrogen and oxygen atoms in total. The lowest BCUT2D eigenvalue weighted by molar-refractivity contribution is -0.122. The van der Waals surface area contributed by atoms with Gasteiger partial charge in [0.2, 0.25) is 0 Å². The van der Waals surface area contributed by atoms with Gasteiger partial charge in [-0.3, -0.25) is 14.9 Å². The number of urea groups is 1. The first kappa shape index (κ1) is 24.6. The third-order valence-corrected chi connectivity index (χ3v) is 5.89. The molecule has 0 saturated carbocycles. The normalized spacial score (nSPS) is 14.8. The van der Waals surface area contributed by atoms with Crippen LogP contribution in [0.3, 0.4) is 0 Å². The molecule has 0 radical (unpaired) electrons. The molecule has 3 aromatic rings. The number of methoxy groups -OCH3 is 1. The van der Waals surface area contributed by atoms with Gasteiger partial charge in [0.05, 0.1) is 12.8 Å². The largest absolute Gasteiger partial charge is 0.493 e. The second kappa shape index (κ2) is 10.4. The highest BCUT2D eigenvalue weighted by Gasteiger charge is 2.36. The standard InChI is InChI=1S/C25H17Cl3N2O5/c1-34-22-10-14(5-8-21(22)35-13-15-6-7-17(27)12-20(15)28)9-19-23(31)29-25(33)30(24(19)32)18-4-2-3-16(26)11-18/h2-12H,13H2,1H3,(H,29,31,33)/b19-9+. The fourth-order valence-electron chi connectivity index (χ4n) is 3.36. The molecule has 1 saturated heterocycles. The number of anilines is 1. The summed E-state index contributed by atoms with van der Waals surface area (Å²) in [5.74, 6) is -0.792. The summed E-state index contributed by atoms with van der Waals surface area (Å²) < 4.78 is 11.3. The van der Waals surface area contributed by atoms with Crippen molar-refractivity contribution in [3.63, 3.8) is 0 Å². The Kier molecular flexibility index (Phi) is 7.31. The van der Waals surface area contributed by atoms with Crippen LogP contribution in [0, 0.1) is 0 Å². The molecular formula is C25H17Cl3N2O5. The molecular weight excluding hydrogens is 515 g/mol. The first-order valence-electron chi connectivity index (χ1n) is 10.2. The van der Waals surface area contributed by atoms with Crippen molar-refractivity contribution >= 4 is 64.4 Å². The van der Waals surface area contributed by atoms with Crippen LogP contribution in [0.25, 0.3) is 6.08 Å². The van der Waals surface area contributed by atoms with Crippen LogP contribution >= 0.6 is 34.8 Å². The van der Waals surface area contributed by atoms with E-state index in [0.717, 1.165) is 10.5 Å². The molecule has 0 unspecified atom stereocenters. The van der Waals surface area contributed by atoms with Crippen molar-refractivity contribution in [1.29, 1.82) is 0 Å². The van der Waals surface area contributed by atoms with Crippen LogP contribution in [0.4, 0.5) is 10.5 Å². The molecule has 0 bridgehead atoms. The SMILES string of the molecule is COc1cc(/C=C2\C(=O)NC(=O)N(c3cccc(Cl)c3)C2=O)ccc1OCc1ccc(Cl)cc1Cl. The molecule has 4 rings (SSSR count). The number of rotatable bonds is 6. The van der Waals surface area contributed by atoms with Crippen LogP contribution in [0.2, 0.25) is 15.1 Å². The predicted molar refractivity (Wildman–Crippen MR) is 134 cm³/mol. The predicted octanol–water partition coefficient (Wildman–Crippen LogP) is 5.90. The summed E-state index contributed by atoms with van der Waals surface area (Å²) in [5.41, 5.74) is 1.23. The van der Waals surface area contributed by atoms with Gasteiger partial charge in [-0.05, 0) is 54.1 Å². The fraction of sp³-hybridized carbons (Fsp3) is 0.0800. The van der Waals surface area contributed by atoms with E-state index in [4.69, 9.17) is 44.3 Å². The van der Waals surface area contributed by atoms with Gasteiger partial charge in [0.25, 0.3) is 11.8 Å². The van der Waals surface area contributed by atoms with E-state index in [2.05, 4.69) is 5.32 Å². The second-order valence-corrected chi connectivity index (χ2v) is 8.65. The lowest BCUT2D eigenvalue weighted by Crippen LogP contribution is -2.54. The zero-order chi connectivity index (χ0) is 25.1. The number of ether oxygens (including phenoxy) is 2. The van der Waals surface area contributed by atoms with Crippen molar-refractivity contribution in [2.75, 3.05) is 12.0 Å². The van der Waals surface area contributed by atoms with Crippen LogP contribution in [-0.4, -0.2) is 25.0 Å². The van der Waals surface area contributed by atoms with Crippen LogP contribution in [0.15, 0.2) is 66.2 Å². The van der Waals surface area contributed by atoms with E-state index in [1.54, 1.807) is 54.6 Å². The van der Waals surface area contributed by atoms with Gasteiger partial charge in [0, 0.05) is 20.6 Å². The van der Waals surface area contributed by atoms with Crippen molar-refractivity contribution in [3.8, 4) is 11.5 Å². The number of halogens is 3. The van der Waals surface area contributed by atoms with Crippen LogP contribution in [0.5, 0.6) is 11.5 Å². The van der Waals surface area contributed by atoms with Gasteiger partial charge in [-0.1, -0.05) is 53.0 Å². The maximum absolute atomic E-state index is 13.1. The van der Waals surface area contributed by atoms with Crippen molar-refractivity contribution in [2.24, 2.45) is 0 Å². The van der Waals surface area contributed by atoms with Crippen LogP contribution < -0.4 is 19.7 Å². The monoisotopic (exact) mass is 530 g/mol. The number of imide groups is 2. The van der Waals surface area contributed by atoms with Gasteiger partial charge in [-0.15, -0.1) is 0 Å². The summed E-state index contributed by atoms with van der Waals surface area (Å²) in [5, 5.41) is 3.50. The zero-order valence-electron chi connectivity index (χ0n) is 18.2. The number of amides is 4. The second-order valence-electron chi connectivity index (χ2n) is 7.37. The number of hydrogen-bond donors (Lipinski definition) is 1. The molecule has 0 atom stereocenters. The maximum Gasteiger partial charge on any atom is 0.335 e. The van der Waals surface area contributed by atoms with E-state index < -0.39 is 17.8 Å². The topological polar surface area (TPSA) is 84.9 Å². The van der Waals surface area contributed by atoms with Crippen molar-refractivity contribution in [1.82, 2.24) is 5.32 Å². The summed E-state index contributed by atoms with van der Waals surface area (Å²) in [4.78, 5) is 38.7. The van der Waals surface area contributed by atoms with E-state index >= 15 is 0 Å². The van der Waals surface area contributed by atoms with Crippen LogP contribution in [-0.2, 0) is 16.2 Å². The minimum absolute atomic E-state index is 0.171.